The summed E-state index contributed by atoms with van der Waals surface area (Å²) in [6.07, 6.45) is 4.52. The maximum atomic E-state index is 13.5. The van der Waals surface area contributed by atoms with E-state index in [2.05, 4.69) is 26.7 Å². The molecule has 0 aliphatic heterocycles. The summed E-state index contributed by atoms with van der Waals surface area (Å²) in [6, 6.07) is 3.20. The van der Waals surface area contributed by atoms with Crippen LogP contribution >= 0.6 is 0 Å². The number of carbonyl (C=O) groups is 1. The first kappa shape index (κ1) is 16.6. The molecule has 0 aliphatic carbocycles. The Labute approximate surface area is 142 Å². The van der Waals surface area contributed by atoms with Crippen molar-refractivity contribution in [2.75, 3.05) is 0 Å². The molecule has 2 N–H and O–H groups in total. The van der Waals surface area contributed by atoms with Gasteiger partial charge >= 0.3 is 5.97 Å². The van der Waals surface area contributed by atoms with Gasteiger partial charge in [-0.2, -0.15) is 0 Å². The predicted molar refractivity (Wildman–Crippen MR) is 93.2 cm³/mol. The van der Waals surface area contributed by atoms with Gasteiger partial charge in [0, 0.05) is 29.9 Å². The van der Waals surface area contributed by atoms with Crippen LogP contribution in [0.25, 0.3) is 11.0 Å². The Morgan fingerprint density at radius 1 is 1.52 bits per heavy atom. The van der Waals surface area contributed by atoms with Crippen LogP contribution in [0.15, 0.2) is 40.7 Å². The van der Waals surface area contributed by atoms with Crippen molar-refractivity contribution in [2.45, 2.75) is 19.9 Å². The number of carboxylic acids is 1. The summed E-state index contributed by atoms with van der Waals surface area (Å²) >= 11 is 0. The molecule has 0 bridgehead atoms. The molecule has 0 radical (unpaired) electrons. The fraction of sp³-hybridized carbons (Fsp3) is 0.176. The van der Waals surface area contributed by atoms with E-state index in [9.17, 15) is 9.18 Å². The Hall–Kier alpha value is -3.29. The van der Waals surface area contributed by atoms with E-state index in [1.54, 1.807) is 17.0 Å². The maximum Gasteiger partial charge on any atom is 0.305 e. The SMILES string of the molecule is C=N/C(=N\c1c(C)ccn1CCC(=O)O)c1c[nH]c2ncc(F)cc12. The Bertz CT molecular complexity index is 986. The number of hydrogen-bond acceptors (Lipinski definition) is 3. The molecule has 0 saturated carbocycles. The van der Waals surface area contributed by atoms with E-state index in [0.717, 1.165) is 11.8 Å². The number of pyridine rings is 1. The molecule has 25 heavy (non-hydrogen) atoms. The number of carboxylic acid groups (broad SMARTS) is 1. The molecule has 7 nitrogen and oxygen atoms in total. The van der Waals surface area contributed by atoms with Crippen LogP contribution in [0, 0.1) is 12.7 Å². The third-order valence-electron chi connectivity index (χ3n) is 3.80. The third-order valence-corrected chi connectivity index (χ3v) is 3.80. The second kappa shape index (κ2) is 6.68. The highest BCUT2D eigenvalue weighted by Gasteiger charge is 2.13. The molecule has 0 saturated heterocycles. The van der Waals surface area contributed by atoms with Gasteiger partial charge in [0.15, 0.2) is 5.84 Å². The Morgan fingerprint density at radius 2 is 2.32 bits per heavy atom. The van der Waals surface area contributed by atoms with Gasteiger partial charge in [-0.25, -0.2) is 19.4 Å². The second-order valence-electron chi connectivity index (χ2n) is 5.51. The van der Waals surface area contributed by atoms with Crippen LogP contribution < -0.4 is 0 Å². The third kappa shape index (κ3) is 3.32. The molecule has 128 valence electrons. The van der Waals surface area contributed by atoms with Crippen molar-refractivity contribution < 1.29 is 14.3 Å². The highest BCUT2D eigenvalue weighted by atomic mass is 19.1. The minimum atomic E-state index is -0.887. The largest absolute Gasteiger partial charge is 0.481 e. The van der Waals surface area contributed by atoms with E-state index >= 15 is 0 Å². The minimum Gasteiger partial charge on any atom is -0.481 e. The molecule has 0 unspecified atom stereocenters. The molecule has 0 aromatic carbocycles. The molecular formula is C17H16FN5O2. The number of amidine groups is 1. The summed E-state index contributed by atoms with van der Waals surface area (Å²) in [5, 5.41) is 9.42. The van der Waals surface area contributed by atoms with E-state index in [0.29, 0.717) is 28.3 Å². The lowest BCUT2D eigenvalue weighted by atomic mass is 10.2. The fourth-order valence-corrected chi connectivity index (χ4v) is 2.57. The fourth-order valence-electron chi connectivity index (χ4n) is 2.57. The minimum absolute atomic E-state index is 0.0181. The van der Waals surface area contributed by atoms with Gasteiger partial charge in [-0.1, -0.05) is 0 Å². The van der Waals surface area contributed by atoms with Crippen molar-refractivity contribution in [1.82, 2.24) is 14.5 Å². The highest BCUT2D eigenvalue weighted by Crippen LogP contribution is 2.24. The number of nitrogens with one attached hydrogen (secondary N) is 1. The van der Waals surface area contributed by atoms with Crippen LogP contribution in [0.3, 0.4) is 0 Å². The van der Waals surface area contributed by atoms with Gasteiger partial charge in [0.25, 0.3) is 0 Å². The second-order valence-corrected chi connectivity index (χ2v) is 5.51. The molecule has 0 spiro atoms. The summed E-state index contributed by atoms with van der Waals surface area (Å²) < 4.78 is 15.3. The predicted octanol–water partition coefficient (Wildman–Crippen LogP) is 3.07. The molecule has 3 heterocycles. The van der Waals surface area contributed by atoms with Crippen molar-refractivity contribution in [3.63, 3.8) is 0 Å². The van der Waals surface area contributed by atoms with E-state index in [1.807, 2.05) is 13.0 Å². The summed E-state index contributed by atoms with van der Waals surface area (Å²) in [6.45, 7) is 5.70. The van der Waals surface area contributed by atoms with Crippen molar-refractivity contribution in [2.24, 2.45) is 9.98 Å². The summed E-state index contributed by atoms with van der Waals surface area (Å²) in [7, 11) is 0. The number of fused-ring (bicyclic) bond motifs is 1. The highest BCUT2D eigenvalue weighted by molar-refractivity contribution is 6.11. The van der Waals surface area contributed by atoms with Crippen LogP contribution in [-0.4, -0.2) is 38.2 Å². The van der Waals surface area contributed by atoms with Crippen molar-refractivity contribution in [1.29, 1.82) is 0 Å². The molecule has 0 aliphatic rings. The zero-order chi connectivity index (χ0) is 18.0. The molecule has 0 atom stereocenters. The van der Waals surface area contributed by atoms with Crippen molar-refractivity contribution >= 4 is 35.4 Å². The number of hydrogen-bond donors (Lipinski definition) is 2. The molecule has 0 amide bonds. The maximum absolute atomic E-state index is 13.5. The average molecular weight is 341 g/mol. The number of nitrogens with zero attached hydrogens (tertiary/aromatic N) is 4. The molecule has 3 aromatic heterocycles. The number of aromatic nitrogens is 3. The van der Waals surface area contributed by atoms with Gasteiger partial charge in [-0.3, -0.25) is 4.79 Å². The van der Waals surface area contributed by atoms with Crippen LogP contribution in [-0.2, 0) is 11.3 Å². The van der Waals surface area contributed by atoms with Gasteiger partial charge in [0.2, 0.25) is 0 Å². The molecule has 0 fully saturated rings. The van der Waals surface area contributed by atoms with E-state index < -0.39 is 11.8 Å². The number of aromatic amines is 1. The van der Waals surface area contributed by atoms with Gasteiger partial charge in [0.05, 0.1) is 12.6 Å². The smallest absolute Gasteiger partial charge is 0.305 e. The van der Waals surface area contributed by atoms with Gasteiger partial charge < -0.3 is 14.7 Å². The van der Waals surface area contributed by atoms with E-state index in [-0.39, 0.29) is 13.0 Å². The van der Waals surface area contributed by atoms with Gasteiger partial charge in [-0.15, -0.1) is 0 Å². The number of aliphatic carboxylic acids is 1. The van der Waals surface area contributed by atoms with Crippen molar-refractivity contribution in [3.05, 3.63) is 47.7 Å². The van der Waals surface area contributed by atoms with Crippen LogP contribution in [0.1, 0.15) is 17.5 Å². The Kier molecular flexibility index (Phi) is 4.42. The molecular weight excluding hydrogens is 325 g/mol. The number of H-pyrrole nitrogens is 1. The van der Waals surface area contributed by atoms with E-state index in [4.69, 9.17) is 5.11 Å². The lowest BCUT2D eigenvalue weighted by Gasteiger charge is -2.06. The summed E-state index contributed by atoms with van der Waals surface area (Å²) in [4.78, 5) is 26.2. The zero-order valence-corrected chi connectivity index (χ0v) is 13.5. The number of aryl methyl sites for hydroxylation is 2. The topological polar surface area (TPSA) is 95.6 Å². The van der Waals surface area contributed by atoms with Crippen LogP contribution in [0.5, 0.6) is 0 Å². The van der Waals surface area contributed by atoms with Gasteiger partial charge in [-0.05, 0) is 31.3 Å². The lowest BCUT2D eigenvalue weighted by molar-refractivity contribution is -0.137. The van der Waals surface area contributed by atoms with Crippen LogP contribution in [0.2, 0.25) is 0 Å². The standard InChI is InChI=1S/C17H16FN5O2/c1-10-3-5-23(6-4-14(24)25)17(10)22-15(19-2)13-9-21-16-12(13)7-11(18)8-20-16/h3,5,7-9H,2,4,6H2,1H3,(H,20,21)(H,24,25)/b22-15-. The number of halogens is 1. The number of aliphatic imine (C=N–C) groups is 2. The molecule has 8 heteroatoms. The monoisotopic (exact) mass is 341 g/mol. The lowest BCUT2D eigenvalue weighted by Crippen LogP contribution is -2.04. The van der Waals surface area contributed by atoms with Crippen LogP contribution in [0.4, 0.5) is 10.2 Å². The summed E-state index contributed by atoms with van der Waals surface area (Å²) in [5.41, 5.74) is 1.96. The van der Waals surface area contributed by atoms with Crippen molar-refractivity contribution in [3.8, 4) is 0 Å². The Morgan fingerprint density at radius 3 is 3.04 bits per heavy atom. The Balaban J connectivity index is 2.06. The molecule has 3 aromatic rings. The van der Waals surface area contributed by atoms with E-state index in [1.165, 1.54) is 6.07 Å². The quantitative estimate of drug-likeness (QED) is 0.551. The molecule has 3 rings (SSSR count). The number of rotatable bonds is 5. The van der Waals surface area contributed by atoms with Gasteiger partial charge in [0.1, 0.15) is 17.3 Å². The summed E-state index contributed by atoms with van der Waals surface area (Å²) in [5.74, 6) is -0.460. The first-order chi connectivity index (χ1) is 12.0. The first-order valence-electron chi connectivity index (χ1n) is 7.55. The normalized spacial score (nSPS) is 11.8. The average Bonchev–Trinajstić information content (AvgIpc) is 3.14. The zero-order valence-electron chi connectivity index (χ0n) is 13.5. The first-order valence-corrected chi connectivity index (χ1v) is 7.55.